The lowest BCUT2D eigenvalue weighted by Gasteiger charge is -2.43. The number of benzene rings is 2. The highest BCUT2D eigenvalue weighted by molar-refractivity contribution is 9.10. The summed E-state index contributed by atoms with van der Waals surface area (Å²) in [6.07, 6.45) is 4.93. The summed E-state index contributed by atoms with van der Waals surface area (Å²) >= 11 is 16.6. The van der Waals surface area contributed by atoms with Crippen LogP contribution in [0.4, 0.5) is 0 Å². The smallest absolute Gasteiger partial charge is 0.145 e. The van der Waals surface area contributed by atoms with E-state index < -0.39 is 5.60 Å². The summed E-state index contributed by atoms with van der Waals surface area (Å²) < 4.78 is 13.4. The lowest BCUT2D eigenvalue weighted by atomic mass is 9.69. The second-order valence-electron chi connectivity index (χ2n) is 10.5. The standard InChI is InChI=1S/C28H28BrCl2NO3/c1-15-10-18-12-20(13-22(15)28(18,33)17-4-2-5-19(29)11-17)34-14-21-26(32-35-27(21)16-8-9-16)25-23(30)6-3-7-24(25)31/h2-7,11,15-16,18,20,22,33H,8-10,12-14H2,1H3/t15-,18+,20+,22+,28-/m0/s1. The predicted molar refractivity (Wildman–Crippen MR) is 141 cm³/mol. The molecule has 184 valence electrons. The molecule has 0 amide bonds. The van der Waals surface area contributed by atoms with Gasteiger partial charge in [-0.05, 0) is 79.7 Å². The number of rotatable bonds is 6. The monoisotopic (exact) mass is 575 g/mol. The molecule has 7 heteroatoms. The number of halogens is 3. The van der Waals surface area contributed by atoms with Crippen molar-refractivity contribution in [3.05, 3.63) is 73.9 Å². The zero-order chi connectivity index (χ0) is 24.3. The highest BCUT2D eigenvalue weighted by Crippen LogP contribution is 2.58. The summed E-state index contributed by atoms with van der Waals surface area (Å²) in [6.45, 7) is 2.67. The number of hydrogen-bond donors (Lipinski definition) is 1. The molecule has 0 unspecified atom stereocenters. The quantitative estimate of drug-likeness (QED) is 0.322. The highest BCUT2D eigenvalue weighted by Gasteiger charge is 2.57. The summed E-state index contributed by atoms with van der Waals surface area (Å²) in [5.41, 5.74) is 2.54. The molecule has 35 heavy (non-hydrogen) atoms. The molecule has 2 bridgehead atoms. The van der Waals surface area contributed by atoms with Crippen LogP contribution in [0, 0.1) is 17.8 Å². The number of aliphatic hydroxyl groups is 1. The lowest BCUT2D eigenvalue weighted by Crippen LogP contribution is -2.45. The van der Waals surface area contributed by atoms with Gasteiger partial charge in [0.2, 0.25) is 0 Å². The van der Waals surface area contributed by atoms with E-state index in [1.807, 2.05) is 30.3 Å². The highest BCUT2D eigenvalue weighted by atomic mass is 79.9. The van der Waals surface area contributed by atoms with Crippen molar-refractivity contribution in [2.75, 3.05) is 0 Å². The third kappa shape index (κ3) is 4.18. The summed E-state index contributed by atoms with van der Waals surface area (Å²) in [4.78, 5) is 0. The van der Waals surface area contributed by atoms with Gasteiger partial charge in [0.1, 0.15) is 11.5 Å². The van der Waals surface area contributed by atoms with Gasteiger partial charge in [-0.25, -0.2) is 0 Å². The fourth-order valence-electron chi connectivity index (χ4n) is 6.49. The van der Waals surface area contributed by atoms with E-state index in [1.54, 1.807) is 0 Å². The van der Waals surface area contributed by atoms with Crippen LogP contribution in [0.3, 0.4) is 0 Å². The summed E-state index contributed by atoms with van der Waals surface area (Å²) in [5, 5.41) is 17.5. The number of nitrogens with zero attached hydrogens (tertiary/aromatic N) is 1. The molecule has 1 aromatic heterocycles. The van der Waals surface area contributed by atoms with E-state index in [0.717, 1.165) is 53.5 Å². The molecular formula is C28H28BrCl2NO3. The van der Waals surface area contributed by atoms with Crippen LogP contribution >= 0.6 is 39.1 Å². The van der Waals surface area contributed by atoms with E-state index in [0.29, 0.717) is 39.7 Å². The minimum absolute atomic E-state index is 0.0684. The number of hydrogen-bond acceptors (Lipinski definition) is 4. The topological polar surface area (TPSA) is 55.5 Å². The Hall–Kier alpha value is -1.37. The molecule has 0 radical (unpaired) electrons. The van der Waals surface area contributed by atoms with E-state index in [4.69, 9.17) is 32.5 Å². The molecule has 6 rings (SSSR count). The molecule has 3 aliphatic carbocycles. The van der Waals surface area contributed by atoms with Crippen LogP contribution in [0.15, 0.2) is 51.5 Å². The van der Waals surface area contributed by atoms with Crippen molar-refractivity contribution >= 4 is 39.1 Å². The van der Waals surface area contributed by atoms with Gasteiger partial charge in [-0.3, -0.25) is 0 Å². The van der Waals surface area contributed by atoms with Crippen molar-refractivity contribution in [2.24, 2.45) is 17.8 Å². The SMILES string of the molecule is C[C@H]1C[C@@H]2C[C@@H](OCc3c(-c4c(Cl)cccc4Cl)noc3C3CC3)C[C@H]1[C@]2(O)c1cccc(Br)c1. The van der Waals surface area contributed by atoms with Crippen molar-refractivity contribution in [1.29, 1.82) is 0 Å². The van der Waals surface area contributed by atoms with Gasteiger partial charge in [-0.2, -0.15) is 0 Å². The van der Waals surface area contributed by atoms with Gasteiger partial charge in [0, 0.05) is 21.5 Å². The van der Waals surface area contributed by atoms with Gasteiger partial charge in [-0.1, -0.05) is 69.4 Å². The first-order valence-corrected chi connectivity index (χ1v) is 13.9. The Kier molecular flexibility index (Phi) is 6.29. The predicted octanol–water partition coefficient (Wildman–Crippen LogP) is 8.13. The molecule has 3 aliphatic rings. The summed E-state index contributed by atoms with van der Waals surface area (Å²) in [6, 6.07) is 13.6. The zero-order valence-electron chi connectivity index (χ0n) is 19.5. The molecule has 3 aromatic rings. The Balaban J connectivity index is 1.25. The first-order valence-electron chi connectivity index (χ1n) is 12.4. The summed E-state index contributed by atoms with van der Waals surface area (Å²) in [5.74, 6) is 2.04. The minimum Gasteiger partial charge on any atom is -0.385 e. The molecule has 0 spiro atoms. The van der Waals surface area contributed by atoms with Crippen molar-refractivity contribution in [3.63, 3.8) is 0 Å². The summed E-state index contributed by atoms with van der Waals surface area (Å²) in [7, 11) is 0. The molecule has 4 nitrogen and oxygen atoms in total. The largest absolute Gasteiger partial charge is 0.385 e. The van der Waals surface area contributed by atoms with Crippen LogP contribution in [0.25, 0.3) is 11.3 Å². The van der Waals surface area contributed by atoms with Crippen LogP contribution in [0.5, 0.6) is 0 Å². The number of ether oxygens (including phenoxy) is 1. The third-order valence-corrected chi connectivity index (χ3v) is 9.43. The second-order valence-corrected chi connectivity index (χ2v) is 12.2. The van der Waals surface area contributed by atoms with Crippen molar-refractivity contribution in [3.8, 4) is 11.3 Å². The van der Waals surface area contributed by atoms with Gasteiger partial charge in [0.15, 0.2) is 0 Å². The molecule has 1 N–H and O–H groups in total. The molecule has 3 saturated carbocycles. The Morgan fingerprint density at radius 3 is 2.54 bits per heavy atom. The lowest BCUT2D eigenvalue weighted by molar-refractivity contribution is -0.120. The number of aromatic nitrogens is 1. The molecule has 2 aromatic carbocycles. The fraction of sp³-hybridized carbons (Fsp3) is 0.464. The third-order valence-electron chi connectivity index (χ3n) is 8.31. The van der Waals surface area contributed by atoms with E-state index in [2.05, 4.69) is 40.1 Å². The van der Waals surface area contributed by atoms with Gasteiger partial charge >= 0.3 is 0 Å². The normalized spacial score (nSPS) is 30.1. The van der Waals surface area contributed by atoms with Crippen molar-refractivity contribution in [2.45, 2.75) is 63.3 Å². The Bertz CT molecular complexity index is 1240. The van der Waals surface area contributed by atoms with Crippen LogP contribution in [-0.2, 0) is 16.9 Å². The van der Waals surface area contributed by atoms with Gasteiger partial charge in [-0.15, -0.1) is 0 Å². The Morgan fingerprint density at radius 1 is 1.11 bits per heavy atom. The molecule has 1 heterocycles. The van der Waals surface area contributed by atoms with E-state index in [9.17, 15) is 5.11 Å². The van der Waals surface area contributed by atoms with Crippen LogP contribution in [0.2, 0.25) is 10.0 Å². The molecule has 0 aliphatic heterocycles. The van der Waals surface area contributed by atoms with Crippen molar-refractivity contribution < 1.29 is 14.4 Å². The van der Waals surface area contributed by atoms with Crippen LogP contribution in [0.1, 0.15) is 61.8 Å². The van der Waals surface area contributed by atoms with Gasteiger partial charge in [0.25, 0.3) is 0 Å². The minimum atomic E-state index is -0.810. The number of fused-ring (bicyclic) bond motifs is 2. The Labute approximate surface area is 224 Å². The van der Waals surface area contributed by atoms with Gasteiger partial charge in [0.05, 0.1) is 28.4 Å². The first kappa shape index (κ1) is 24.0. The van der Waals surface area contributed by atoms with Crippen molar-refractivity contribution in [1.82, 2.24) is 5.16 Å². The maximum Gasteiger partial charge on any atom is 0.145 e. The maximum atomic E-state index is 12.0. The van der Waals surface area contributed by atoms with Gasteiger partial charge < -0.3 is 14.4 Å². The molecule has 3 fully saturated rings. The average Bonchev–Trinajstić information content (AvgIpc) is 3.57. The second kappa shape index (κ2) is 9.18. The van der Waals surface area contributed by atoms with E-state index >= 15 is 0 Å². The zero-order valence-corrected chi connectivity index (χ0v) is 22.6. The fourth-order valence-corrected chi connectivity index (χ4v) is 7.46. The maximum absolute atomic E-state index is 12.0. The molecule has 0 saturated heterocycles. The van der Waals surface area contributed by atoms with Crippen LogP contribution < -0.4 is 0 Å². The molecule has 5 atom stereocenters. The average molecular weight is 577 g/mol. The Morgan fingerprint density at radius 2 is 1.86 bits per heavy atom. The van der Waals surface area contributed by atoms with Crippen LogP contribution in [-0.4, -0.2) is 16.4 Å². The molecular weight excluding hydrogens is 549 g/mol. The van der Waals surface area contributed by atoms with E-state index in [1.165, 1.54) is 0 Å². The van der Waals surface area contributed by atoms with E-state index in [-0.39, 0.29) is 17.9 Å². The first-order chi connectivity index (χ1) is 16.9.